The van der Waals surface area contributed by atoms with Crippen molar-refractivity contribution < 1.29 is 9.53 Å². The fraction of sp³-hybridized carbons (Fsp3) is 0.500. The van der Waals surface area contributed by atoms with Gasteiger partial charge in [0.05, 0.1) is 18.5 Å². The highest BCUT2D eigenvalue weighted by atomic mass is 16.5. The molecule has 3 N–H and O–H groups in total. The van der Waals surface area contributed by atoms with E-state index in [2.05, 4.69) is 10.4 Å². The van der Waals surface area contributed by atoms with Gasteiger partial charge in [0.1, 0.15) is 6.54 Å². The fourth-order valence-electron chi connectivity index (χ4n) is 1.31. The Kier molecular flexibility index (Phi) is 4.65. The van der Waals surface area contributed by atoms with Crippen LogP contribution < -0.4 is 16.6 Å². The first-order chi connectivity index (χ1) is 8.02. The molecule has 0 aliphatic heterocycles. The van der Waals surface area contributed by atoms with Crippen LogP contribution in [-0.4, -0.2) is 35.4 Å². The Bertz CT molecular complexity index is 443. The highest BCUT2D eigenvalue weighted by Crippen LogP contribution is 1.90. The van der Waals surface area contributed by atoms with Gasteiger partial charge in [-0.2, -0.15) is 5.10 Å². The molecule has 1 aromatic heterocycles. The molecule has 1 amide bonds. The van der Waals surface area contributed by atoms with Crippen LogP contribution in [0.3, 0.4) is 0 Å². The lowest BCUT2D eigenvalue weighted by molar-refractivity contribution is -0.122. The van der Waals surface area contributed by atoms with Crippen molar-refractivity contribution in [1.29, 1.82) is 0 Å². The lowest BCUT2D eigenvalue weighted by Crippen LogP contribution is -2.40. The number of methoxy groups -OCH3 is 1. The summed E-state index contributed by atoms with van der Waals surface area (Å²) in [5.74, 6) is -0.297. The highest BCUT2D eigenvalue weighted by molar-refractivity contribution is 5.75. The van der Waals surface area contributed by atoms with Crippen molar-refractivity contribution in [2.75, 3.05) is 19.5 Å². The van der Waals surface area contributed by atoms with Crippen molar-refractivity contribution in [2.45, 2.75) is 19.5 Å². The van der Waals surface area contributed by atoms with Gasteiger partial charge in [0.25, 0.3) is 5.56 Å². The molecule has 0 spiro atoms. The molecule has 17 heavy (non-hydrogen) atoms. The zero-order valence-corrected chi connectivity index (χ0v) is 9.84. The summed E-state index contributed by atoms with van der Waals surface area (Å²) in [6.07, 6.45) is 1.33. The Morgan fingerprint density at radius 1 is 1.71 bits per heavy atom. The van der Waals surface area contributed by atoms with E-state index in [1.165, 1.54) is 12.3 Å². The van der Waals surface area contributed by atoms with Crippen molar-refractivity contribution in [2.24, 2.45) is 0 Å². The summed E-state index contributed by atoms with van der Waals surface area (Å²) in [7, 11) is 1.55. The Labute approximate surface area is 98.6 Å². The molecule has 0 radical (unpaired) electrons. The summed E-state index contributed by atoms with van der Waals surface area (Å²) in [5.41, 5.74) is 5.26. The summed E-state index contributed by atoms with van der Waals surface area (Å²) >= 11 is 0. The number of hydrogen-bond donors (Lipinski definition) is 2. The van der Waals surface area contributed by atoms with Crippen molar-refractivity contribution in [3.8, 4) is 0 Å². The molecule has 0 fully saturated rings. The van der Waals surface area contributed by atoms with Crippen LogP contribution >= 0.6 is 0 Å². The Morgan fingerprint density at radius 2 is 2.41 bits per heavy atom. The molecule has 0 aromatic carbocycles. The van der Waals surface area contributed by atoms with Crippen LogP contribution in [0.25, 0.3) is 0 Å². The van der Waals surface area contributed by atoms with E-state index >= 15 is 0 Å². The first-order valence-corrected chi connectivity index (χ1v) is 5.14. The smallest absolute Gasteiger partial charge is 0.269 e. The first-order valence-electron chi connectivity index (χ1n) is 5.14. The largest absolute Gasteiger partial charge is 0.397 e. The van der Waals surface area contributed by atoms with Crippen molar-refractivity contribution in [3.63, 3.8) is 0 Å². The molecule has 1 rings (SSSR count). The molecule has 1 unspecified atom stereocenters. The van der Waals surface area contributed by atoms with Gasteiger partial charge < -0.3 is 15.8 Å². The minimum absolute atomic E-state index is 0.114. The number of carbonyl (C=O) groups excluding carboxylic acids is 1. The third-order valence-electron chi connectivity index (χ3n) is 2.01. The van der Waals surface area contributed by atoms with E-state index in [4.69, 9.17) is 10.5 Å². The van der Waals surface area contributed by atoms with E-state index in [1.54, 1.807) is 14.0 Å². The SMILES string of the molecule is COCC(C)NC(=O)Cn1ncc(N)cc1=O. The van der Waals surface area contributed by atoms with E-state index in [-0.39, 0.29) is 24.2 Å². The van der Waals surface area contributed by atoms with Crippen LogP contribution in [0.15, 0.2) is 17.1 Å². The molecule has 7 nitrogen and oxygen atoms in total. The molecule has 1 heterocycles. The highest BCUT2D eigenvalue weighted by Gasteiger charge is 2.09. The maximum atomic E-state index is 11.5. The number of anilines is 1. The zero-order valence-electron chi connectivity index (χ0n) is 9.84. The molecule has 0 aliphatic carbocycles. The standard InChI is InChI=1S/C10H16N4O3/c1-7(6-17-2)13-9(15)5-14-10(16)3-8(11)4-12-14/h3-4,7H,5-6,11H2,1-2H3,(H,13,15). The van der Waals surface area contributed by atoms with Gasteiger partial charge >= 0.3 is 0 Å². The topological polar surface area (TPSA) is 99.2 Å². The van der Waals surface area contributed by atoms with Gasteiger partial charge in [-0.05, 0) is 6.92 Å². The Balaban J connectivity index is 2.59. The molecule has 1 atom stereocenters. The molecule has 0 saturated heterocycles. The number of amides is 1. The molecule has 94 valence electrons. The van der Waals surface area contributed by atoms with Crippen LogP contribution in [-0.2, 0) is 16.1 Å². The van der Waals surface area contributed by atoms with Crippen LogP contribution in [0.4, 0.5) is 5.69 Å². The Hall–Kier alpha value is -1.89. The van der Waals surface area contributed by atoms with Crippen molar-refractivity contribution in [1.82, 2.24) is 15.1 Å². The molecule has 0 bridgehead atoms. The van der Waals surface area contributed by atoms with Gasteiger partial charge in [-0.25, -0.2) is 4.68 Å². The van der Waals surface area contributed by atoms with E-state index < -0.39 is 5.56 Å². The lowest BCUT2D eigenvalue weighted by Gasteiger charge is -2.12. The van der Waals surface area contributed by atoms with Crippen LogP contribution in [0.2, 0.25) is 0 Å². The second-order valence-corrected chi connectivity index (χ2v) is 3.71. The van der Waals surface area contributed by atoms with Gasteiger partial charge in [0.15, 0.2) is 0 Å². The minimum Gasteiger partial charge on any atom is -0.397 e. The normalized spacial score (nSPS) is 12.1. The second kappa shape index (κ2) is 6.00. The number of carbonyl (C=O) groups is 1. The molecule has 1 aromatic rings. The maximum absolute atomic E-state index is 11.5. The van der Waals surface area contributed by atoms with Crippen molar-refractivity contribution in [3.05, 3.63) is 22.6 Å². The van der Waals surface area contributed by atoms with Gasteiger partial charge in [-0.15, -0.1) is 0 Å². The van der Waals surface area contributed by atoms with Gasteiger partial charge in [0.2, 0.25) is 5.91 Å². The summed E-state index contributed by atoms with van der Waals surface area (Å²) in [5, 5.41) is 6.43. The minimum atomic E-state index is -0.403. The third-order valence-corrected chi connectivity index (χ3v) is 2.01. The third kappa shape index (κ3) is 4.23. The summed E-state index contributed by atoms with van der Waals surface area (Å²) in [6.45, 7) is 2.09. The predicted molar refractivity (Wildman–Crippen MR) is 62.4 cm³/mol. The second-order valence-electron chi connectivity index (χ2n) is 3.71. The number of nitrogens with one attached hydrogen (secondary N) is 1. The molecule has 0 saturated carbocycles. The molecule has 0 aliphatic rings. The number of nitrogens with two attached hydrogens (primary N) is 1. The average Bonchev–Trinajstić information content (AvgIpc) is 2.22. The van der Waals surface area contributed by atoms with Crippen molar-refractivity contribution >= 4 is 11.6 Å². The molecule has 7 heteroatoms. The summed E-state index contributed by atoms with van der Waals surface area (Å²) in [4.78, 5) is 22.9. The van der Waals surface area contributed by atoms with Crippen LogP contribution in [0.5, 0.6) is 0 Å². The van der Waals surface area contributed by atoms with Gasteiger partial charge in [-0.1, -0.05) is 0 Å². The number of hydrogen-bond acceptors (Lipinski definition) is 5. The van der Waals surface area contributed by atoms with E-state index in [0.717, 1.165) is 4.68 Å². The maximum Gasteiger partial charge on any atom is 0.269 e. The number of nitrogens with zero attached hydrogens (tertiary/aromatic N) is 2. The summed E-state index contributed by atoms with van der Waals surface area (Å²) in [6, 6.07) is 1.11. The zero-order chi connectivity index (χ0) is 12.8. The molecular weight excluding hydrogens is 224 g/mol. The predicted octanol–water partition coefficient (Wildman–Crippen LogP) is -1.02. The summed E-state index contributed by atoms with van der Waals surface area (Å²) < 4.78 is 5.93. The average molecular weight is 240 g/mol. The lowest BCUT2D eigenvalue weighted by atomic mass is 10.3. The number of nitrogen functional groups attached to an aromatic ring is 1. The Morgan fingerprint density at radius 3 is 3.00 bits per heavy atom. The van der Waals surface area contributed by atoms with Gasteiger partial charge in [-0.3, -0.25) is 9.59 Å². The number of aromatic nitrogens is 2. The quantitative estimate of drug-likeness (QED) is 0.686. The fourth-order valence-corrected chi connectivity index (χ4v) is 1.31. The number of rotatable bonds is 5. The van der Waals surface area contributed by atoms with Crippen LogP contribution in [0, 0.1) is 0 Å². The van der Waals surface area contributed by atoms with Gasteiger partial charge in [0, 0.05) is 19.2 Å². The monoisotopic (exact) mass is 240 g/mol. The number of ether oxygens (including phenoxy) is 1. The molecular formula is C10H16N4O3. The van der Waals surface area contributed by atoms with E-state index in [9.17, 15) is 9.59 Å². The van der Waals surface area contributed by atoms with E-state index in [0.29, 0.717) is 6.61 Å². The van der Waals surface area contributed by atoms with E-state index in [1.807, 2.05) is 0 Å². The van der Waals surface area contributed by atoms with Crippen LogP contribution in [0.1, 0.15) is 6.92 Å². The first kappa shape index (κ1) is 13.2.